The van der Waals surface area contributed by atoms with E-state index in [9.17, 15) is 8.42 Å². The highest BCUT2D eigenvalue weighted by atomic mass is 32.2. The predicted molar refractivity (Wildman–Crippen MR) is 71.0 cm³/mol. The molecule has 7 nitrogen and oxygen atoms in total. The summed E-state index contributed by atoms with van der Waals surface area (Å²) in [6.07, 6.45) is 6.75. The Hall–Kier alpha value is -1.93. The molecular formula is C12H15N4O3S+. The maximum absolute atomic E-state index is 11.2. The molecule has 0 unspecified atom stereocenters. The Morgan fingerprint density at radius 3 is 2.50 bits per heavy atom. The van der Waals surface area contributed by atoms with Crippen LogP contribution in [0.1, 0.15) is 5.56 Å². The molecule has 0 aliphatic heterocycles. The fourth-order valence-corrected chi connectivity index (χ4v) is 2.06. The molecule has 2 aromatic heterocycles. The molecule has 0 N–H and O–H groups in total. The maximum atomic E-state index is 11.2. The zero-order valence-corrected chi connectivity index (χ0v) is 12.0. The second-order valence-corrected chi connectivity index (χ2v) is 6.05. The zero-order chi connectivity index (χ0) is 14.6. The minimum atomic E-state index is -3.47. The van der Waals surface area contributed by atoms with Gasteiger partial charge in [0, 0.05) is 24.0 Å². The standard InChI is InChI=1S/C12H15N4O3S/c1-10-7-13-12(14-8-10)11-3-4-16(15-9-11)5-6-20(17,18)19-2/h3-4,7-9H,5-6H2,1-2H3/q+1. The molecule has 20 heavy (non-hydrogen) atoms. The van der Waals surface area contributed by atoms with Crippen molar-refractivity contribution in [2.24, 2.45) is 0 Å². The summed E-state index contributed by atoms with van der Waals surface area (Å²) in [6, 6.07) is 1.79. The first-order valence-corrected chi connectivity index (χ1v) is 7.51. The van der Waals surface area contributed by atoms with Crippen LogP contribution in [0.3, 0.4) is 0 Å². The summed E-state index contributed by atoms with van der Waals surface area (Å²) < 4.78 is 28.3. The Labute approximate surface area is 117 Å². The third-order valence-corrected chi connectivity index (χ3v) is 3.83. The van der Waals surface area contributed by atoms with Gasteiger partial charge in [-0.25, -0.2) is 9.97 Å². The highest BCUT2D eigenvalue weighted by Crippen LogP contribution is 2.10. The minimum absolute atomic E-state index is 0.123. The van der Waals surface area contributed by atoms with Crippen molar-refractivity contribution in [2.45, 2.75) is 13.5 Å². The molecule has 0 atom stereocenters. The van der Waals surface area contributed by atoms with Gasteiger partial charge in [0.05, 0.1) is 7.11 Å². The van der Waals surface area contributed by atoms with Gasteiger partial charge in [-0.15, -0.1) is 0 Å². The second kappa shape index (κ2) is 6.02. The number of rotatable bonds is 5. The van der Waals surface area contributed by atoms with E-state index < -0.39 is 10.1 Å². The molecule has 0 spiro atoms. The summed E-state index contributed by atoms with van der Waals surface area (Å²) in [5.41, 5.74) is 1.76. The second-order valence-electron chi connectivity index (χ2n) is 4.19. The Morgan fingerprint density at radius 2 is 1.95 bits per heavy atom. The maximum Gasteiger partial charge on any atom is 0.273 e. The molecule has 0 saturated carbocycles. The molecule has 8 heteroatoms. The Balaban J connectivity index is 2.08. The van der Waals surface area contributed by atoms with Gasteiger partial charge in [-0.1, -0.05) is 4.68 Å². The molecular weight excluding hydrogens is 280 g/mol. The summed E-state index contributed by atoms with van der Waals surface area (Å²) in [5.74, 6) is 0.460. The molecule has 0 fully saturated rings. The molecule has 0 aromatic carbocycles. The van der Waals surface area contributed by atoms with E-state index in [1.807, 2.05) is 6.92 Å². The van der Waals surface area contributed by atoms with E-state index in [0.29, 0.717) is 5.82 Å². The van der Waals surface area contributed by atoms with Crippen LogP contribution in [-0.4, -0.2) is 36.3 Å². The normalized spacial score (nSPS) is 11.5. The van der Waals surface area contributed by atoms with Gasteiger partial charge in [0.1, 0.15) is 11.9 Å². The van der Waals surface area contributed by atoms with Crippen LogP contribution in [0.2, 0.25) is 0 Å². The van der Waals surface area contributed by atoms with Gasteiger partial charge < -0.3 is 0 Å². The molecule has 2 aromatic rings. The molecule has 0 saturated heterocycles. The molecule has 0 radical (unpaired) electrons. The van der Waals surface area contributed by atoms with Gasteiger partial charge in [0.2, 0.25) is 0 Å². The Kier molecular flexibility index (Phi) is 4.35. The van der Waals surface area contributed by atoms with Crippen LogP contribution in [0.15, 0.2) is 30.9 Å². The van der Waals surface area contributed by atoms with Gasteiger partial charge >= 0.3 is 0 Å². The predicted octanol–water partition coefficient (Wildman–Crippen LogP) is 0.111. The molecule has 0 amide bonds. The zero-order valence-electron chi connectivity index (χ0n) is 11.2. The van der Waals surface area contributed by atoms with Crippen LogP contribution in [-0.2, 0) is 20.8 Å². The molecule has 106 valence electrons. The van der Waals surface area contributed by atoms with Crippen molar-refractivity contribution in [3.63, 3.8) is 0 Å². The summed E-state index contributed by atoms with van der Waals surface area (Å²) >= 11 is 0. The molecule has 0 bridgehead atoms. The van der Waals surface area contributed by atoms with Crippen LogP contribution >= 0.6 is 0 Å². The summed E-state index contributed by atoms with van der Waals surface area (Å²) in [4.78, 5) is 8.40. The van der Waals surface area contributed by atoms with E-state index in [-0.39, 0.29) is 12.3 Å². The number of hydrogen-bond donors (Lipinski definition) is 0. The van der Waals surface area contributed by atoms with Crippen molar-refractivity contribution < 1.29 is 17.3 Å². The monoisotopic (exact) mass is 295 g/mol. The molecule has 0 aliphatic rings. The summed E-state index contributed by atoms with van der Waals surface area (Å²) in [7, 11) is -2.33. The van der Waals surface area contributed by atoms with E-state index in [0.717, 1.165) is 18.2 Å². The Morgan fingerprint density at radius 1 is 1.25 bits per heavy atom. The van der Waals surface area contributed by atoms with Crippen molar-refractivity contribution >= 4 is 10.1 Å². The van der Waals surface area contributed by atoms with Crippen LogP contribution in [0.25, 0.3) is 11.4 Å². The molecule has 2 heterocycles. The van der Waals surface area contributed by atoms with Crippen molar-refractivity contribution in [2.75, 3.05) is 12.9 Å². The third-order valence-electron chi connectivity index (χ3n) is 2.63. The van der Waals surface area contributed by atoms with Gasteiger partial charge in [-0.05, 0) is 17.6 Å². The lowest BCUT2D eigenvalue weighted by Gasteiger charge is -1.99. The average molecular weight is 295 g/mol. The largest absolute Gasteiger partial charge is 0.273 e. The lowest BCUT2D eigenvalue weighted by molar-refractivity contribution is -0.750. The topological polar surface area (TPSA) is 85.9 Å². The SMILES string of the molecule is COS(=O)(=O)CC[n+]1ccc(-c2ncc(C)cn2)cn1. The lowest BCUT2D eigenvalue weighted by atomic mass is 10.3. The van der Waals surface area contributed by atoms with Gasteiger partial charge in [-0.3, -0.25) is 4.18 Å². The molecule has 2 rings (SSSR count). The van der Waals surface area contributed by atoms with Crippen molar-refractivity contribution in [1.82, 2.24) is 15.1 Å². The first kappa shape index (κ1) is 14.5. The number of aryl methyl sites for hydroxylation is 2. The van der Waals surface area contributed by atoms with Gasteiger partial charge in [0.25, 0.3) is 10.1 Å². The highest BCUT2D eigenvalue weighted by molar-refractivity contribution is 7.86. The van der Waals surface area contributed by atoms with E-state index >= 15 is 0 Å². The van der Waals surface area contributed by atoms with E-state index in [2.05, 4.69) is 19.2 Å². The number of hydrogen-bond acceptors (Lipinski definition) is 6. The van der Waals surface area contributed by atoms with Crippen LogP contribution in [0, 0.1) is 6.92 Å². The first-order chi connectivity index (χ1) is 9.50. The van der Waals surface area contributed by atoms with Gasteiger partial charge in [-0.2, -0.15) is 8.42 Å². The van der Waals surface area contributed by atoms with Crippen molar-refractivity contribution in [3.05, 3.63) is 36.4 Å². The number of nitrogens with zero attached hydrogens (tertiary/aromatic N) is 4. The minimum Gasteiger partial charge on any atom is -0.273 e. The molecule has 0 aliphatic carbocycles. The quantitative estimate of drug-likeness (QED) is 0.575. The smallest absolute Gasteiger partial charge is 0.273 e. The van der Waals surface area contributed by atoms with Crippen molar-refractivity contribution in [3.8, 4) is 11.4 Å². The average Bonchev–Trinajstić information content (AvgIpc) is 2.47. The summed E-state index contributed by atoms with van der Waals surface area (Å²) in [6.45, 7) is 2.14. The van der Waals surface area contributed by atoms with Crippen LogP contribution in [0.4, 0.5) is 0 Å². The highest BCUT2D eigenvalue weighted by Gasteiger charge is 2.14. The van der Waals surface area contributed by atoms with E-state index in [4.69, 9.17) is 0 Å². The van der Waals surface area contributed by atoms with Crippen LogP contribution in [0.5, 0.6) is 0 Å². The van der Waals surface area contributed by atoms with E-state index in [1.54, 1.807) is 30.9 Å². The fraction of sp³-hybridized carbons (Fsp3) is 0.333. The fourth-order valence-electron chi connectivity index (χ4n) is 1.48. The van der Waals surface area contributed by atoms with Gasteiger partial charge in [0.15, 0.2) is 18.6 Å². The first-order valence-electron chi connectivity index (χ1n) is 5.93. The lowest BCUT2D eigenvalue weighted by Crippen LogP contribution is -2.40. The number of aromatic nitrogens is 4. The Bertz CT molecular complexity index is 669. The van der Waals surface area contributed by atoms with Crippen molar-refractivity contribution in [1.29, 1.82) is 0 Å². The third kappa shape index (κ3) is 3.78. The van der Waals surface area contributed by atoms with Crippen LogP contribution < -0.4 is 4.68 Å². The summed E-state index contributed by atoms with van der Waals surface area (Å²) in [5, 5.41) is 4.13. The van der Waals surface area contributed by atoms with E-state index in [1.165, 1.54) is 4.68 Å².